The average Bonchev–Trinajstić information content (AvgIpc) is 3.01. The van der Waals surface area contributed by atoms with Gasteiger partial charge in [0.25, 0.3) is 0 Å². The number of benzene rings is 1. The summed E-state index contributed by atoms with van der Waals surface area (Å²) in [7, 11) is -3.67. The van der Waals surface area contributed by atoms with Gasteiger partial charge in [-0.25, -0.2) is 8.42 Å². The van der Waals surface area contributed by atoms with Gasteiger partial charge in [-0.05, 0) is 42.4 Å². The first-order chi connectivity index (χ1) is 10.7. The highest BCUT2D eigenvalue weighted by Gasteiger charge is 2.45. The number of halogens is 3. The summed E-state index contributed by atoms with van der Waals surface area (Å²) in [5.41, 5.74) is 6.07. The molecule has 4 nitrogen and oxygen atoms in total. The molecule has 0 bridgehead atoms. The van der Waals surface area contributed by atoms with Crippen molar-refractivity contribution in [3.63, 3.8) is 0 Å². The Morgan fingerprint density at radius 2 is 1.78 bits per heavy atom. The van der Waals surface area contributed by atoms with Gasteiger partial charge in [-0.15, -0.1) is 0 Å². The van der Waals surface area contributed by atoms with E-state index in [0.29, 0.717) is 19.0 Å². The van der Waals surface area contributed by atoms with E-state index in [9.17, 15) is 21.6 Å². The predicted molar refractivity (Wildman–Crippen MR) is 79.1 cm³/mol. The van der Waals surface area contributed by atoms with Crippen LogP contribution < -0.4 is 5.73 Å². The summed E-state index contributed by atoms with van der Waals surface area (Å²) in [6, 6.07) is 5.00. The zero-order valence-corrected chi connectivity index (χ0v) is 13.3. The second kappa shape index (κ2) is 5.75. The zero-order valence-electron chi connectivity index (χ0n) is 12.5. The summed E-state index contributed by atoms with van der Waals surface area (Å²) >= 11 is 0. The molecule has 1 heterocycles. The molecule has 0 amide bonds. The van der Waals surface area contributed by atoms with Crippen LogP contribution in [0.15, 0.2) is 29.2 Å². The van der Waals surface area contributed by atoms with Crippen LogP contribution in [0.2, 0.25) is 0 Å². The van der Waals surface area contributed by atoms with Crippen LogP contribution in [0.1, 0.15) is 18.4 Å². The molecule has 23 heavy (non-hydrogen) atoms. The van der Waals surface area contributed by atoms with E-state index in [2.05, 4.69) is 0 Å². The Kier molecular flexibility index (Phi) is 4.18. The maximum Gasteiger partial charge on any atom is 0.393 e. The summed E-state index contributed by atoms with van der Waals surface area (Å²) in [6.45, 7) is 0.851. The van der Waals surface area contributed by atoms with Crippen molar-refractivity contribution in [3.8, 4) is 0 Å². The molecule has 3 unspecified atom stereocenters. The highest BCUT2D eigenvalue weighted by Crippen LogP contribution is 2.39. The molecule has 1 aromatic carbocycles. The average molecular weight is 348 g/mol. The maximum absolute atomic E-state index is 12.6. The molecule has 2 aliphatic rings. The van der Waals surface area contributed by atoms with Crippen molar-refractivity contribution in [3.05, 3.63) is 29.8 Å². The van der Waals surface area contributed by atoms with Gasteiger partial charge < -0.3 is 5.73 Å². The molecule has 2 fully saturated rings. The normalized spacial score (nSPS) is 29.0. The number of nitrogens with zero attached hydrogens (tertiary/aromatic N) is 1. The van der Waals surface area contributed by atoms with Gasteiger partial charge in [0.05, 0.1) is 11.3 Å². The fourth-order valence-electron chi connectivity index (χ4n) is 3.62. The quantitative estimate of drug-likeness (QED) is 0.910. The van der Waals surface area contributed by atoms with Crippen molar-refractivity contribution in [2.45, 2.75) is 36.4 Å². The van der Waals surface area contributed by atoms with Gasteiger partial charge in [-0.1, -0.05) is 12.1 Å². The van der Waals surface area contributed by atoms with Crippen LogP contribution >= 0.6 is 0 Å². The summed E-state index contributed by atoms with van der Waals surface area (Å²) in [5, 5.41) is 0. The van der Waals surface area contributed by atoms with Gasteiger partial charge in [-0.2, -0.15) is 17.5 Å². The molecule has 3 rings (SSSR count). The lowest BCUT2D eigenvalue weighted by atomic mass is 9.98. The van der Waals surface area contributed by atoms with Crippen LogP contribution in [0.25, 0.3) is 0 Å². The Morgan fingerprint density at radius 3 is 2.35 bits per heavy atom. The number of alkyl halides is 3. The van der Waals surface area contributed by atoms with E-state index in [1.165, 1.54) is 28.6 Å². The molecule has 3 atom stereocenters. The van der Waals surface area contributed by atoms with E-state index in [1.54, 1.807) is 0 Å². The minimum atomic E-state index is -4.30. The van der Waals surface area contributed by atoms with Crippen molar-refractivity contribution in [2.24, 2.45) is 17.6 Å². The highest BCUT2D eigenvalue weighted by molar-refractivity contribution is 7.89. The number of hydrogen-bond acceptors (Lipinski definition) is 3. The minimum absolute atomic E-state index is 0.0364. The molecule has 1 aliphatic heterocycles. The van der Waals surface area contributed by atoms with Gasteiger partial charge in [-0.3, -0.25) is 0 Å². The standard InChI is InChI=1S/C15H19F3N2O2S/c16-15(17,18)7-10-1-4-12(5-2-10)23(21,22)20-8-11-3-6-14(19)13(11)9-20/h1-2,4-5,11,13-14H,3,6-9,19H2. The lowest BCUT2D eigenvalue weighted by Gasteiger charge is -2.19. The third-order valence-electron chi connectivity index (χ3n) is 4.84. The van der Waals surface area contributed by atoms with Crippen LogP contribution in [0, 0.1) is 11.8 Å². The molecule has 1 saturated heterocycles. The lowest BCUT2D eigenvalue weighted by Crippen LogP contribution is -2.33. The first-order valence-corrected chi connectivity index (χ1v) is 9.02. The SMILES string of the molecule is NC1CCC2CN(S(=O)(=O)c3ccc(CC(F)(F)F)cc3)CC12. The third-order valence-corrected chi connectivity index (χ3v) is 6.69. The van der Waals surface area contributed by atoms with Crippen molar-refractivity contribution in [1.29, 1.82) is 0 Å². The summed E-state index contributed by atoms with van der Waals surface area (Å²) < 4.78 is 63.7. The van der Waals surface area contributed by atoms with Gasteiger partial charge in [0.2, 0.25) is 10.0 Å². The van der Waals surface area contributed by atoms with Crippen LogP contribution in [0.3, 0.4) is 0 Å². The van der Waals surface area contributed by atoms with Gasteiger partial charge in [0.1, 0.15) is 0 Å². The third kappa shape index (κ3) is 3.39. The molecule has 1 aromatic rings. The molecule has 0 aromatic heterocycles. The summed E-state index contributed by atoms with van der Waals surface area (Å²) in [4.78, 5) is 0.0389. The van der Waals surface area contributed by atoms with E-state index < -0.39 is 22.6 Å². The number of fused-ring (bicyclic) bond motifs is 1. The number of nitrogens with two attached hydrogens (primary N) is 1. The smallest absolute Gasteiger partial charge is 0.327 e. The largest absolute Gasteiger partial charge is 0.393 e. The van der Waals surface area contributed by atoms with Crippen molar-refractivity contribution >= 4 is 10.0 Å². The fourth-order valence-corrected chi connectivity index (χ4v) is 5.16. The van der Waals surface area contributed by atoms with Crippen LogP contribution in [0.4, 0.5) is 13.2 Å². The van der Waals surface area contributed by atoms with Gasteiger partial charge in [0, 0.05) is 19.1 Å². The van der Waals surface area contributed by atoms with Crippen LogP contribution in [-0.2, 0) is 16.4 Å². The first kappa shape index (κ1) is 16.7. The van der Waals surface area contributed by atoms with E-state index in [1.807, 2.05) is 0 Å². The molecule has 0 spiro atoms. The predicted octanol–water partition coefficient (Wildman–Crippen LogP) is 2.15. The fraction of sp³-hybridized carbons (Fsp3) is 0.600. The van der Waals surface area contributed by atoms with Crippen molar-refractivity contribution in [1.82, 2.24) is 4.31 Å². The number of rotatable bonds is 3. The number of hydrogen-bond donors (Lipinski definition) is 1. The minimum Gasteiger partial charge on any atom is -0.327 e. The molecular formula is C15H19F3N2O2S. The molecule has 1 aliphatic carbocycles. The molecule has 128 valence electrons. The lowest BCUT2D eigenvalue weighted by molar-refractivity contribution is -0.127. The Labute approximate surface area is 133 Å². The van der Waals surface area contributed by atoms with Crippen LogP contribution in [0.5, 0.6) is 0 Å². The van der Waals surface area contributed by atoms with E-state index in [-0.39, 0.29) is 22.4 Å². The topological polar surface area (TPSA) is 63.4 Å². The monoisotopic (exact) mass is 348 g/mol. The molecular weight excluding hydrogens is 329 g/mol. The highest BCUT2D eigenvalue weighted by atomic mass is 32.2. The Morgan fingerprint density at radius 1 is 1.13 bits per heavy atom. The second-order valence-corrected chi connectivity index (χ2v) is 8.36. The van der Waals surface area contributed by atoms with Crippen LogP contribution in [-0.4, -0.2) is 38.0 Å². The Balaban J connectivity index is 1.76. The summed E-state index contributed by atoms with van der Waals surface area (Å²) in [5.74, 6) is 0.485. The van der Waals surface area contributed by atoms with Gasteiger partial charge in [0.15, 0.2) is 0 Å². The van der Waals surface area contributed by atoms with E-state index >= 15 is 0 Å². The number of sulfonamides is 1. The van der Waals surface area contributed by atoms with E-state index in [4.69, 9.17) is 5.73 Å². The molecule has 2 N–H and O–H groups in total. The Hall–Kier alpha value is -1.12. The Bertz CT molecular complexity index is 673. The zero-order chi connectivity index (χ0) is 16.8. The maximum atomic E-state index is 12.6. The molecule has 8 heteroatoms. The molecule has 0 radical (unpaired) electrons. The molecule has 1 saturated carbocycles. The van der Waals surface area contributed by atoms with Crippen molar-refractivity contribution < 1.29 is 21.6 Å². The van der Waals surface area contributed by atoms with Crippen molar-refractivity contribution in [2.75, 3.05) is 13.1 Å². The summed E-state index contributed by atoms with van der Waals surface area (Å²) in [6.07, 6.45) is -3.50. The second-order valence-electron chi connectivity index (χ2n) is 6.42. The first-order valence-electron chi connectivity index (χ1n) is 7.58. The van der Waals surface area contributed by atoms with E-state index in [0.717, 1.165) is 12.8 Å². The van der Waals surface area contributed by atoms with Gasteiger partial charge >= 0.3 is 6.18 Å².